The number of nitrogen functional groups attached to an aromatic ring is 1. The summed E-state index contributed by atoms with van der Waals surface area (Å²) in [6, 6.07) is 3.76. The highest BCUT2D eigenvalue weighted by atomic mass is 15.1. The van der Waals surface area contributed by atoms with Crippen LogP contribution in [0.2, 0.25) is 0 Å². The normalized spacial score (nSPS) is 10.2. The standard InChI is InChI=1S/C10H13N5/c1-8-6-9(14-10(11)7-8)4-2-3-5-13-15-12/h2,4,6-7H,3,5H2,1H3,(H2,11,14). The van der Waals surface area contributed by atoms with Gasteiger partial charge in [0, 0.05) is 11.5 Å². The third kappa shape index (κ3) is 4.15. The molecule has 0 aliphatic carbocycles. The van der Waals surface area contributed by atoms with Crippen molar-refractivity contribution in [2.45, 2.75) is 13.3 Å². The topological polar surface area (TPSA) is 87.7 Å². The van der Waals surface area contributed by atoms with Crippen LogP contribution in [0, 0.1) is 6.92 Å². The summed E-state index contributed by atoms with van der Waals surface area (Å²) in [7, 11) is 0. The van der Waals surface area contributed by atoms with E-state index < -0.39 is 0 Å². The first-order chi connectivity index (χ1) is 7.22. The number of nitrogens with two attached hydrogens (primary N) is 1. The van der Waals surface area contributed by atoms with Crippen LogP contribution in [0.3, 0.4) is 0 Å². The molecule has 1 rings (SSSR count). The number of hydrogen-bond donors (Lipinski definition) is 1. The van der Waals surface area contributed by atoms with Gasteiger partial charge in [0.25, 0.3) is 0 Å². The maximum atomic E-state index is 8.06. The lowest BCUT2D eigenvalue weighted by Gasteiger charge is -1.98. The lowest BCUT2D eigenvalue weighted by atomic mass is 10.2. The molecule has 5 heteroatoms. The summed E-state index contributed by atoms with van der Waals surface area (Å²) in [6.45, 7) is 2.43. The predicted octanol–water partition coefficient (Wildman–Crippen LogP) is 2.69. The number of pyridine rings is 1. The summed E-state index contributed by atoms with van der Waals surface area (Å²) < 4.78 is 0. The minimum atomic E-state index is 0.467. The molecule has 0 bridgehead atoms. The van der Waals surface area contributed by atoms with Crippen LogP contribution in [0.15, 0.2) is 23.3 Å². The van der Waals surface area contributed by atoms with Crippen LogP contribution < -0.4 is 5.73 Å². The minimum Gasteiger partial charge on any atom is -0.384 e. The van der Waals surface area contributed by atoms with E-state index in [-0.39, 0.29) is 0 Å². The number of rotatable bonds is 4. The lowest BCUT2D eigenvalue weighted by Crippen LogP contribution is -1.92. The van der Waals surface area contributed by atoms with E-state index in [0.29, 0.717) is 18.8 Å². The molecule has 0 amide bonds. The first-order valence-electron chi connectivity index (χ1n) is 4.64. The molecule has 0 aliphatic rings. The molecule has 15 heavy (non-hydrogen) atoms. The molecule has 0 fully saturated rings. The average molecular weight is 203 g/mol. The van der Waals surface area contributed by atoms with Crippen LogP contribution in [0.4, 0.5) is 5.82 Å². The molecule has 0 atom stereocenters. The monoisotopic (exact) mass is 203 g/mol. The Balaban J connectivity index is 2.59. The molecule has 1 aromatic heterocycles. The second-order valence-electron chi connectivity index (χ2n) is 3.14. The van der Waals surface area contributed by atoms with Gasteiger partial charge in [0.1, 0.15) is 5.82 Å². The SMILES string of the molecule is Cc1cc(N)nc(C=CCCN=[N+]=[N-])c1. The fraction of sp³-hybridized carbons (Fsp3) is 0.300. The van der Waals surface area contributed by atoms with E-state index in [1.54, 1.807) is 0 Å². The summed E-state index contributed by atoms with van der Waals surface area (Å²) >= 11 is 0. The van der Waals surface area contributed by atoms with Crippen LogP contribution in [0.5, 0.6) is 0 Å². The smallest absolute Gasteiger partial charge is 0.124 e. The molecular weight excluding hydrogens is 190 g/mol. The molecule has 0 spiro atoms. The van der Waals surface area contributed by atoms with Gasteiger partial charge in [0.15, 0.2) is 0 Å². The van der Waals surface area contributed by atoms with E-state index in [0.717, 1.165) is 11.3 Å². The third-order valence-electron chi connectivity index (χ3n) is 1.76. The lowest BCUT2D eigenvalue weighted by molar-refractivity contribution is 0.995. The molecule has 0 aliphatic heterocycles. The van der Waals surface area contributed by atoms with Crippen molar-refractivity contribution in [2.24, 2.45) is 5.11 Å². The fourth-order valence-electron chi connectivity index (χ4n) is 1.19. The minimum absolute atomic E-state index is 0.467. The maximum Gasteiger partial charge on any atom is 0.124 e. The second-order valence-corrected chi connectivity index (χ2v) is 3.14. The van der Waals surface area contributed by atoms with Crippen molar-refractivity contribution in [3.8, 4) is 0 Å². The molecule has 0 saturated carbocycles. The highest BCUT2D eigenvalue weighted by Crippen LogP contribution is 2.08. The summed E-state index contributed by atoms with van der Waals surface area (Å²) in [5, 5.41) is 3.42. The zero-order valence-corrected chi connectivity index (χ0v) is 8.59. The van der Waals surface area contributed by atoms with Crippen molar-refractivity contribution in [1.29, 1.82) is 0 Å². The van der Waals surface area contributed by atoms with Gasteiger partial charge in [-0.25, -0.2) is 4.98 Å². The van der Waals surface area contributed by atoms with Gasteiger partial charge in [-0.15, -0.1) is 0 Å². The highest BCUT2D eigenvalue weighted by Gasteiger charge is 1.93. The first-order valence-corrected chi connectivity index (χ1v) is 4.64. The van der Waals surface area contributed by atoms with Crippen molar-refractivity contribution in [3.05, 3.63) is 39.9 Å². The van der Waals surface area contributed by atoms with Gasteiger partial charge >= 0.3 is 0 Å². The van der Waals surface area contributed by atoms with Crippen molar-refractivity contribution < 1.29 is 0 Å². The number of azide groups is 1. The quantitative estimate of drug-likeness (QED) is 0.353. The van der Waals surface area contributed by atoms with Crippen molar-refractivity contribution in [3.63, 3.8) is 0 Å². The van der Waals surface area contributed by atoms with Gasteiger partial charge in [-0.1, -0.05) is 11.2 Å². The molecule has 1 heterocycles. The molecule has 2 N–H and O–H groups in total. The van der Waals surface area contributed by atoms with Gasteiger partial charge in [0.05, 0.1) is 5.69 Å². The molecule has 1 aromatic rings. The van der Waals surface area contributed by atoms with Gasteiger partial charge in [0.2, 0.25) is 0 Å². The van der Waals surface area contributed by atoms with Crippen LogP contribution in [-0.2, 0) is 0 Å². The number of hydrogen-bond acceptors (Lipinski definition) is 3. The molecule has 0 aromatic carbocycles. The zero-order chi connectivity index (χ0) is 11.1. The van der Waals surface area contributed by atoms with Crippen LogP contribution in [0.25, 0.3) is 16.5 Å². The summed E-state index contributed by atoms with van der Waals surface area (Å²) in [6.07, 6.45) is 4.49. The fourth-order valence-corrected chi connectivity index (χ4v) is 1.19. The van der Waals surface area contributed by atoms with Crippen LogP contribution in [0.1, 0.15) is 17.7 Å². The van der Waals surface area contributed by atoms with Gasteiger partial charge in [-0.3, -0.25) is 0 Å². The summed E-state index contributed by atoms with van der Waals surface area (Å²) in [5.74, 6) is 0.518. The Morgan fingerprint density at radius 2 is 2.40 bits per heavy atom. The van der Waals surface area contributed by atoms with E-state index in [9.17, 15) is 0 Å². The van der Waals surface area contributed by atoms with Crippen molar-refractivity contribution in [2.75, 3.05) is 12.3 Å². The number of anilines is 1. The molecular formula is C10H13N5. The summed E-state index contributed by atoms with van der Waals surface area (Å²) in [4.78, 5) is 6.80. The van der Waals surface area contributed by atoms with Crippen molar-refractivity contribution >= 4 is 11.9 Å². The Morgan fingerprint density at radius 3 is 3.07 bits per heavy atom. The molecule has 5 nitrogen and oxygen atoms in total. The molecule has 0 unspecified atom stereocenters. The average Bonchev–Trinajstić information content (AvgIpc) is 2.16. The number of nitrogens with zero attached hydrogens (tertiary/aromatic N) is 4. The highest BCUT2D eigenvalue weighted by molar-refractivity contribution is 5.49. The third-order valence-corrected chi connectivity index (χ3v) is 1.76. The Labute approximate surface area is 88.3 Å². The Bertz CT molecular complexity index is 384. The Kier molecular flexibility index (Phi) is 4.19. The van der Waals surface area contributed by atoms with Gasteiger partial charge in [-0.2, -0.15) is 0 Å². The van der Waals surface area contributed by atoms with Crippen molar-refractivity contribution in [1.82, 2.24) is 4.98 Å². The first kappa shape index (κ1) is 11.1. The zero-order valence-electron chi connectivity index (χ0n) is 8.59. The van der Waals surface area contributed by atoms with E-state index in [2.05, 4.69) is 15.0 Å². The second kappa shape index (κ2) is 5.67. The molecule has 78 valence electrons. The van der Waals surface area contributed by atoms with E-state index in [1.807, 2.05) is 31.2 Å². The van der Waals surface area contributed by atoms with Crippen LogP contribution >= 0.6 is 0 Å². The predicted molar refractivity (Wildman–Crippen MR) is 61.1 cm³/mol. The Morgan fingerprint density at radius 1 is 1.60 bits per heavy atom. The largest absolute Gasteiger partial charge is 0.384 e. The van der Waals surface area contributed by atoms with Gasteiger partial charge in [-0.05, 0) is 42.6 Å². The number of aromatic nitrogens is 1. The maximum absolute atomic E-state index is 8.06. The Hall–Kier alpha value is -2.00. The van der Waals surface area contributed by atoms with Gasteiger partial charge < -0.3 is 5.73 Å². The van der Waals surface area contributed by atoms with E-state index in [1.165, 1.54) is 0 Å². The van der Waals surface area contributed by atoms with E-state index in [4.69, 9.17) is 11.3 Å². The van der Waals surface area contributed by atoms with Crippen LogP contribution in [-0.4, -0.2) is 11.5 Å². The molecule has 0 radical (unpaired) electrons. The number of aryl methyl sites for hydroxylation is 1. The summed E-state index contributed by atoms with van der Waals surface area (Å²) in [5.41, 5.74) is 15.6. The van der Waals surface area contributed by atoms with E-state index >= 15 is 0 Å². The molecule has 0 saturated heterocycles.